The Bertz CT molecular complexity index is 1080. The molecule has 2 aromatic heterocycles. The zero-order valence-corrected chi connectivity index (χ0v) is 17.0. The molecule has 0 spiro atoms. The van der Waals surface area contributed by atoms with Crippen LogP contribution in [0.3, 0.4) is 0 Å². The third-order valence-electron chi connectivity index (χ3n) is 4.29. The molecule has 0 aliphatic rings. The number of nitrogens with one attached hydrogen (secondary N) is 1. The van der Waals surface area contributed by atoms with Crippen molar-refractivity contribution in [3.05, 3.63) is 101 Å². The van der Waals surface area contributed by atoms with Gasteiger partial charge in [-0.05, 0) is 35.2 Å². The number of benzene rings is 2. The number of imidazole rings is 1. The minimum atomic E-state index is -0.313. The summed E-state index contributed by atoms with van der Waals surface area (Å²) in [5.74, 6) is -0.196. The van der Waals surface area contributed by atoms with E-state index in [2.05, 4.69) is 10.3 Å². The van der Waals surface area contributed by atoms with Crippen LogP contribution in [0.2, 0.25) is 0 Å². The van der Waals surface area contributed by atoms with Gasteiger partial charge in [-0.2, -0.15) is 0 Å². The Morgan fingerprint density at radius 1 is 1.14 bits per heavy atom. The molecule has 1 N–H and O–H groups in total. The molecule has 7 heteroatoms. The molecular weight excluding hydrogens is 405 g/mol. The zero-order chi connectivity index (χ0) is 20.1. The molecule has 2 aromatic carbocycles. The van der Waals surface area contributed by atoms with Crippen molar-refractivity contribution in [3.8, 4) is 5.69 Å². The van der Waals surface area contributed by atoms with Crippen molar-refractivity contribution >= 4 is 29.0 Å². The molecule has 2 heterocycles. The molecule has 1 atom stereocenters. The van der Waals surface area contributed by atoms with E-state index in [1.165, 1.54) is 23.9 Å². The second kappa shape index (κ2) is 9.07. The molecule has 4 nitrogen and oxygen atoms in total. The molecule has 146 valence electrons. The van der Waals surface area contributed by atoms with Crippen molar-refractivity contribution in [1.29, 1.82) is 0 Å². The number of hydrogen-bond acceptors (Lipinski definition) is 4. The van der Waals surface area contributed by atoms with E-state index in [9.17, 15) is 9.18 Å². The molecule has 0 saturated heterocycles. The van der Waals surface area contributed by atoms with Gasteiger partial charge in [0.05, 0.1) is 17.5 Å². The third kappa shape index (κ3) is 4.75. The van der Waals surface area contributed by atoms with Crippen LogP contribution in [0.15, 0.2) is 89.7 Å². The summed E-state index contributed by atoms with van der Waals surface area (Å²) in [6, 6.07) is 20.0. The fraction of sp³-hybridized carbons (Fsp3) is 0.0909. The lowest BCUT2D eigenvalue weighted by molar-refractivity contribution is -0.119. The van der Waals surface area contributed by atoms with Gasteiger partial charge in [-0.3, -0.25) is 9.36 Å². The van der Waals surface area contributed by atoms with Gasteiger partial charge in [0.2, 0.25) is 5.91 Å². The first-order valence-electron chi connectivity index (χ1n) is 9.00. The summed E-state index contributed by atoms with van der Waals surface area (Å²) in [6.07, 6.45) is 3.40. The van der Waals surface area contributed by atoms with Crippen LogP contribution in [0, 0.1) is 5.82 Å². The summed E-state index contributed by atoms with van der Waals surface area (Å²) in [5, 5.41) is 5.76. The fourth-order valence-electron chi connectivity index (χ4n) is 2.97. The summed E-state index contributed by atoms with van der Waals surface area (Å²) >= 11 is 2.93. The van der Waals surface area contributed by atoms with Gasteiger partial charge < -0.3 is 5.32 Å². The van der Waals surface area contributed by atoms with Crippen molar-refractivity contribution in [3.63, 3.8) is 0 Å². The number of aromatic nitrogens is 2. The van der Waals surface area contributed by atoms with Crippen molar-refractivity contribution < 1.29 is 9.18 Å². The van der Waals surface area contributed by atoms with E-state index in [1.807, 2.05) is 47.8 Å². The van der Waals surface area contributed by atoms with Gasteiger partial charge in [0.1, 0.15) is 5.82 Å². The van der Waals surface area contributed by atoms with Crippen LogP contribution in [-0.2, 0) is 4.79 Å². The van der Waals surface area contributed by atoms with Crippen LogP contribution in [0.1, 0.15) is 16.5 Å². The van der Waals surface area contributed by atoms with Gasteiger partial charge in [0, 0.05) is 17.3 Å². The van der Waals surface area contributed by atoms with E-state index in [4.69, 9.17) is 0 Å². The molecule has 0 aliphatic heterocycles. The van der Waals surface area contributed by atoms with Crippen LogP contribution in [0.4, 0.5) is 4.39 Å². The lowest BCUT2D eigenvalue weighted by Gasteiger charge is -2.18. The monoisotopic (exact) mass is 423 g/mol. The second-order valence-corrected chi connectivity index (χ2v) is 8.20. The summed E-state index contributed by atoms with van der Waals surface area (Å²) < 4.78 is 15.3. The van der Waals surface area contributed by atoms with Gasteiger partial charge in [-0.15, -0.1) is 11.3 Å². The maximum atomic E-state index is 13.5. The minimum absolute atomic E-state index is 0.0916. The maximum absolute atomic E-state index is 13.5. The largest absolute Gasteiger partial charge is 0.344 e. The first kappa shape index (κ1) is 19.4. The van der Waals surface area contributed by atoms with Crippen LogP contribution in [0.25, 0.3) is 5.69 Å². The summed E-state index contributed by atoms with van der Waals surface area (Å²) in [4.78, 5) is 18.1. The van der Waals surface area contributed by atoms with Crippen LogP contribution in [0.5, 0.6) is 0 Å². The SMILES string of the molecule is O=C(CSc1nccn1-c1cccc(F)c1)N[C@@H](c1ccccc1)c1cccs1. The lowest BCUT2D eigenvalue weighted by atomic mass is 10.1. The Morgan fingerprint density at radius 2 is 2.00 bits per heavy atom. The van der Waals surface area contributed by atoms with Crippen LogP contribution >= 0.6 is 23.1 Å². The predicted octanol–water partition coefficient (Wildman–Crippen LogP) is 5.07. The Hall–Kier alpha value is -2.90. The predicted molar refractivity (Wildman–Crippen MR) is 115 cm³/mol. The highest BCUT2D eigenvalue weighted by atomic mass is 32.2. The van der Waals surface area contributed by atoms with Crippen molar-refractivity contribution in [2.75, 3.05) is 5.75 Å². The number of amides is 1. The van der Waals surface area contributed by atoms with E-state index in [0.29, 0.717) is 10.8 Å². The summed E-state index contributed by atoms with van der Waals surface area (Å²) in [6.45, 7) is 0. The van der Waals surface area contributed by atoms with E-state index >= 15 is 0 Å². The lowest BCUT2D eigenvalue weighted by Crippen LogP contribution is -2.30. The number of thiophene rings is 1. The minimum Gasteiger partial charge on any atom is -0.344 e. The molecule has 0 fully saturated rings. The summed E-state index contributed by atoms with van der Waals surface area (Å²) in [7, 11) is 0. The number of nitrogens with zero attached hydrogens (tertiary/aromatic N) is 2. The van der Waals surface area contributed by atoms with Gasteiger partial charge in [0.25, 0.3) is 0 Å². The van der Waals surface area contributed by atoms with E-state index in [1.54, 1.807) is 40.4 Å². The van der Waals surface area contributed by atoms with E-state index in [-0.39, 0.29) is 23.5 Å². The number of hydrogen-bond donors (Lipinski definition) is 1. The number of carbonyl (C=O) groups is 1. The normalized spacial score (nSPS) is 11.9. The summed E-state index contributed by atoms with van der Waals surface area (Å²) in [5.41, 5.74) is 1.71. The Kier molecular flexibility index (Phi) is 6.07. The smallest absolute Gasteiger partial charge is 0.231 e. The van der Waals surface area contributed by atoms with Crippen LogP contribution < -0.4 is 5.32 Å². The quantitative estimate of drug-likeness (QED) is 0.422. The highest BCUT2D eigenvalue weighted by Crippen LogP contribution is 2.27. The first-order valence-corrected chi connectivity index (χ1v) is 10.9. The molecular formula is C22H18FN3OS2. The number of halogens is 1. The van der Waals surface area contributed by atoms with Gasteiger partial charge >= 0.3 is 0 Å². The molecule has 0 radical (unpaired) electrons. The van der Waals surface area contributed by atoms with E-state index < -0.39 is 0 Å². The Balaban J connectivity index is 1.46. The maximum Gasteiger partial charge on any atom is 0.231 e. The van der Waals surface area contributed by atoms with Gasteiger partial charge in [-0.1, -0.05) is 54.2 Å². The average Bonchev–Trinajstić information content (AvgIpc) is 3.43. The van der Waals surface area contributed by atoms with Gasteiger partial charge in [0.15, 0.2) is 5.16 Å². The molecule has 0 unspecified atom stereocenters. The van der Waals surface area contributed by atoms with Crippen molar-refractivity contribution in [2.45, 2.75) is 11.2 Å². The van der Waals surface area contributed by atoms with Crippen LogP contribution in [-0.4, -0.2) is 21.2 Å². The molecule has 1 amide bonds. The molecule has 0 saturated carbocycles. The standard InChI is InChI=1S/C22H18FN3OS2/c23-17-8-4-9-18(14-17)26-12-11-24-22(26)29-15-20(27)25-21(19-10-5-13-28-19)16-6-2-1-3-7-16/h1-14,21H,15H2,(H,25,27)/t21-/m0/s1. The topological polar surface area (TPSA) is 46.9 Å². The molecule has 4 aromatic rings. The first-order chi connectivity index (χ1) is 14.2. The second-order valence-electron chi connectivity index (χ2n) is 6.27. The zero-order valence-electron chi connectivity index (χ0n) is 15.4. The Labute approximate surface area is 176 Å². The number of rotatable bonds is 7. The van der Waals surface area contributed by atoms with E-state index in [0.717, 1.165) is 10.4 Å². The highest BCUT2D eigenvalue weighted by molar-refractivity contribution is 7.99. The molecule has 29 heavy (non-hydrogen) atoms. The van der Waals surface area contributed by atoms with Crippen molar-refractivity contribution in [2.24, 2.45) is 0 Å². The van der Waals surface area contributed by atoms with Gasteiger partial charge in [-0.25, -0.2) is 9.37 Å². The molecule has 0 bridgehead atoms. The average molecular weight is 424 g/mol. The molecule has 4 rings (SSSR count). The Morgan fingerprint density at radius 3 is 2.76 bits per heavy atom. The van der Waals surface area contributed by atoms with Crippen molar-refractivity contribution in [1.82, 2.24) is 14.9 Å². The fourth-order valence-corrected chi connectivity index (χ4v) is 4.56. The number of thioether (sulfide) groups is 1. The number of carbonyl (C=O) groups excluding carboxylic acids is 1. The molecule has 0 aliphatic carbocycles. The third-order valence-corrected chi connectivity index (χ3v) is 6.20. The highest BCUT2D eigenvalue weighted by Gasteiger charge is 2.18.